The predicted octanol–water partition coefficient (Wildman–Crippen LogP) is 3.76. The number of hydrogen-bond acceptors (Lipinski definition) is 5. The minimum absolute atomic E-state index is 0.0936. The quantitative estimate of drug-likeness (QED) is 0.787. The molecule has 1 saturated heterocycles. The van der Waals surface area contributed by atoms with E-state index in [1.807, 2.05) is 12.1 Å². The van der Waals surface area contributed by atoms with Gasteiger partial charge >= 0.3 is 0 Å². The van der Waals surface area contributed by atoms with Crippen molar-refractivity contribution >= 4 is 23.1 Å². The van der Waals surface area contributed by atoms with Crippen molar-refractivity contribution in [3.8, 4) is 11.5 Å². The standard InChI is InChI=1S/C21H24N2O4/c1-14(24)17-12-15(23-10-4-5-11-23)6-8-19(17)22-21(25)18-13-16(26-2)7-9-20(18)27-3/h6-9,12-13H,4-5,10-11H2,1-3H3,(H,22,25). The number of nitrogens with zero attached hydrogens (tertiary/aromatic N) is 1. The monoisotopic (exact) mass is 368 g/mol. The summed E-state index contributed by atoms with van der Waals surface area (Å²) in [5.74, 6) is 0.537. The van der Waals surface area contributed by atoms with E-state index in [-0.39, 0.29) is 11.7 Å². The summed E-state index contributed by atoms with van der Waals surface area (Å²) in [6.45, 7) is 3.49. The summed E-state index contributed by atoms with van der Waals surface area (Å²) in [6, 6.07) is 10.6. The van der Waals surface area contributed by atoms with Gasteiger partial charge in [-0.3, -0.25) is 9.59 Å². The lowest BCUT2D eigenvalue weighted by Gasteiger charge is -2.20. The first-order valence-electron chi connectivity index (χ1n) is 8.97. The Morgan fingerprint density at radius 3 is 2.33 bits per heavy atom. The Bertz CT molecular complexity index is 857. The van der Waals surface area contributed by atoms with Gasteiger partial charge < -0.3 is 19.7 Å². The van der Waals surface area contributed by atoms with Gasteiger partial charge in [-0.25, -0.2) is 0 Å². The highest BCUT2D eigenvalue weighted by molar-refractivity contribution is 6.10. The first-order valence-corrected chi connectivity index (χ1v) is 8.97. The van der Waals surface area contributed by atoms with Crippen LogP contribution in [0.15, 0.2) is 36.4 Å². The van der Waals surface area contributed by atoms with Gasteiger partial charge in [0.15, 0.2) is 5.78 Å². The lowest BCUT2D eigenvalue weighted by atomic mass is 10.1. The smallest absolute Gasteiger partial charge is 0.259 e. The Morgan fingerprint density at radius 1 is 0.963 bits per heavy atom. The zero-order valence-corrected chi connectivity index (χ0v) is 15.9. The molecule has 2 aromatic rings. The summed E-state index contributed by atoms with van der Waals surface area (Å²) in [4.78, 5) is 27.2. The Labute approximate surface area is 159 Å². The minimum Gasteiger partial charge on any atom is -0.497 e. The lowest BCUT2D eigenvalue weighted by Crippen LogP contribution is -2.19. The first kappa shape index (κ1) is 18.8. The molecule has 1 aliphatic heterocycles. The van der Waals surface area contributed by atoms with Gasteiger partial charge in [0.25, 0.3) is 5.91 Å². The highest BCUT2D eigenvalue weighted by Gasteiger charge is 2.19. The summed E-state index contributed by atoms with van der Waals surface area (Å²) in [5.41, 5.74) is 2.33. The van der Waals surface area contributed by atoms with Crippen LogP contribution in [0.1, 0.15) is 40.5 Å². The maximum atomic E-state index is 12.8. The third-order valence-electron chi connectivity index (χ3n) is 4.75. The molecule has 3 rings (SSSR count). The topological polar surface area (TPSA) is 67.9 Å². The molecule has 0 aliphatic carbocycles. The van der Waals surface area contributed by atoms with E-state index in [1.165, 1.54) is 21.1 Å². The molecule has 1 N–H and O–H groups in total. The second-order valence-electron chi connectivity index (χ2n) is 6.50. The fraction of sp³-hybridized carbons (Fsp3) is 0.333. The summed E-state index contributed by atoms with van der Waals surface area (Å²) in [6.07, 6.45) is 2.31. The van der Waals surface area contributed by atoms with Gasteiger partial charge in [-0.1, -0.05) is 0 Å². The summed E-state index contributed by atoms with van der Waals surface area (Å²) in [7, 11) is 3.04. The fourth-order valence-corrected chi connectivity index (χ4v) is 3.29. The van der Waals surface area contributed by atoms with Gasteiger partial charge in [0, 0.05) is 24.3 Å². The van der Waals surface area contributed by atoms with Crippen molar-refractivity contribution in [3.05, 3.63) is 47.5 Å². The second-order valence-corrected chi connectivity index (χ2v) is 6.50. The van der Waals surface area contributed by atoms with E-state index < -0.39 is 0 Å². The molecule has 0 bridgehead atoms. The van der Waals surface area contributed by atoms with Crippen LogP contribution in [-0.4, -0.2) is 39.0 Å². The number of anilines is 2. The SMILES string of the molecule is COc1ccc(OC)c(C(=O)Nc2ccc(N3CCCC3)cc2C(C)=O)c1. The molecule has 6 heteroatoms. The van der Waals surface area contributed by atoms with Crippen LogP contribution in [0.2, 0.25) is 0 Å². The van der Waals surface area contributed by atoms with Crippen molar-refractivity contribution in [1.29, 1.82) is 0 Å². The van der Waals surface area contributed by atoms with Crippen LogP contribution in [0.4, 0.5) is 11.4 Å². The Morgan fingerprint density at radius 2 is 1.70 bits per heavy atom. The number of Topliss-reactive ketones (excluding diaryl/α,β-unsaturated/α-hetero) is 1. The minimum atomic E-state index is -0.359. The van der Waals surface area contributed by atoms with Crippen LogP contribution in [0.3, 0.4) is 0 Å². The van der Waals surface area contributed by atoms with E-state index in [1.54, 1.807) is 24.3 Å². The molecule has 0 atom stereocenters. The number of carbonyl (C=O) groups excluding carboxylic acids is 2. The van der Waals surface area contributed by atoms with Crippen LogP contribution in [0, 0.1) is 0 Å². The molecule has 1 amide bonds. The number of hydrogen-bond donors (Lipinski definition) is 1. The highest BCUT2D eigenvalue weighted by atomic mass is 16.5. The van der Waals surface area contributed by atoms with Crippen molar-refractivity contribution in [2.45, 2.75) is 19.8 Å². The van der Waals surface area contributed by atoms with Crippen molar-refractivity contribution in [2.75, 3.05) is 37.5 Å². The third kappa shape index (κ3) is 4.05. The van der Waals surface area contributed by atoms with Gasteiger partial charge in [-0.15, -0.1) is 0 Å². The Kier molecular flexibility index (Phi) is 5.64. The summed E-state index contributed by atoms with van der Waals surface area (Å²) in [5, 5.41) is 2.84. The van der Waals surface area contributed by atoms with Crippen molar-refractivity contribution in [2.24, 2.45) is 0 Å². The zero-order valence-electron chi connectivity index (χ0n) is 15.9. The van der Waals surface area contributed by atoms with Gasteiger partial charge in [-0.05, 0) is 56.2 Å². The molecule has 27 heavy (non-hydrogen) atoms. The predicted molar refractivity (Wildman–Crippen MR) is 105 cm³/mol. The number of amides is 1. The van der Waals surface area contributed by atoms with Gasteiger partial charge in [0.05, 0.1) is 25.5 Å². The molecule has 6 nitrogen and oxygen atoms in total. The van der Waals surface area contributed by atoms with Crippen LogP contribution in [-0.2, 0) is 0 Å². The van der Waals surface area contributed by atoms with E-state index >= 15 is 0 Å². The molecular formula is C21H24N2O4. The van der Waals surface area contributed by atoms with E-state index in [2.05, 4.69) is 10.2 Å². The van der Waals surface area contributed by atoms with Gasteiger partial charge in [0.1, 0.15) is 11.5 Å². The maximum Gasteiger partial charge on any atom is 0.259 e. The molecular weight excluding hydrogens is 344 g/mol. The van der Waals surface area contributed by atoms with Crippen molar-refractivity contribution in [1.82, 2.24) is 0 Å². The van der Waals surface area contributed by atoms with E-state index in [4.69, 9.17) is 9.47 Å². The molecule has 142 valence electrons. The average molecular weight is 368 g/mol. The fourth-order valence-electron chi connectivity index (χ4n) is 3.29. The molecule has 0 aromatic heterocycles. The largest absolute Gasteiger partial charge is 0.497 e. The van der Waals surface area contributed by atoms with E-state index in [0.29, 0.717) is 28.3 Å². The number of ether oxygens (including phenoxy) is 2. The number of benzene rings is 2. The van der Waals surface area contributed by atoms with Gasteiger partial charge in [0.2, 0.25) is 0 Å². The van der Waals surface area contributed by atoms with E-state index in [9.17, 15) is 9.59 Å². The van der Waals surface area contributed by atoms with Gasteiger partial charge in [-0.2, -0.15) is 0 Å². The van der Waals surface area contributed by atoms with Crippen LogP contribution < -0.4 is 19.7 Å². The number of methoxy groups -OCH3 is 2. The number of rotatable bonds is 6. The Hall–Kier alpha value is -3.02. The number of carbonyl (C=O) groups is 2. The maximum absolute atomic E-state index is 12.8. The Balaban J connectivity index is 1.90. The van der Waals surface area contributed by atoms with Crippen LogP contribution >= 0.6 is 0 Å². The molecule has 0 saturated carbocycles. The zero-order chi connectivity index (χ0) is 19.4. The molecule has 1 fully saturated rings. The molecule has 0 unspecified atom stereocenters. The van der Waals surface area contributed by atoms with E-state index in [0.717, 1.165) is 31.6 Å². The van der Waals surface area contributed by atoms with Crippen molar-refractivity contribution in [3.63, 3.8) is 0 Å². The molecule has 1 aliphatic rings. The first-order chi connectivity index (χ1) is 13.0. The number of nitrogens with one attached hydrogen (secondary N) is 1. The van der Waals surface area contributed by atoms with Crippen molar-refractivity contribution < 1.29 is 19.1 Å². The number of ketones is 1. The average Bonchev–Trinajstić information content (AvgIpc) is 3.22. The second kappa shape index (κ2) is 8.12. The third-order valence-corrected chi connectivity index (χ3v) is 4.75. The van der Waals surface area contributed by atoms with Crippen LogP contribution in [0.5, 0.6) is 11.5 Å². The molecule has 0 spiro atoms. The highest BCUT2D eigenvalue weighted by Crippen LogP contribution is 2.29. The lowest BCUT2D eigenvalue weighted by molar-refractivity contribution is 0.101. The molecule has 0 radical (unpaired) electrons. The summed E-state index contributed by atoms with van der Waals surface area (Å²) >= 11 is 0. The van der Waals surface area contributed by atoms with Crippen LogP contribution in [0.25, 0.3) is 0 Å². The summed E-state index contributed by atoms with van der Waals surface area (Å²) < 4.78 is 10.5. The normalized spacial score (nSPS) is 13.4. The molecule has 1 heterocycles. The molecule has 2 aromatic carbocycles.